The van der Waals surface area contributed by atoms with Gasteiger partial charge in [-0.1, -0.05) is 12.1 Å². The molecule has 0 bridgehead atoms. The molecule has 152 valence electrons. The smallest absolute Gasteiger partial charge is 0.253 e. The van der Waals surface area contributed by atoms with Crippen LogP contribution < -0.4 is 15.5 Å². The molecule has 0 saturated carbocycles. The van der Waals surface area contributed by atoms with Gasteiger partial charge >= 0.3 is 0 Å². The minimum absolute atomic E-state index is 0.0551. The molecule has 0 aliphatic carbocycles. The van der Waals surface area contributed by atoms with Crippen LogP contribution in [0.15, 0.2) is 48.5 Å². The van der Waals surface area contributed by atoms with Crippen molar-refractivity contribution < 1.29 is 18.8 Å². The number of nitrogens with one attached hydrogen (secondary N) is 2. The lowest BCUT2D eigenvalue weighted by molar-refractivity contribution is -0.122. The van der Waals surface area contributed by atoms with Gasteiger partial charge in [-0.3, -0.25) is 14.4 Å². The van der Waals surface area contributed by atoms with E-state index in [1.165, 1.54) is 29.2 Å². The van der Waals surface area contributed by atoms with Gasteiger partial charge in [0.05, 0.1) is 17.2 Å². The maximum Gasteiger partial charge on any atom is 0.253 e. The Balaban J connectivity index is 1.72. The number of hydrogen-bond donors (Lipinski definition) is 2. The summed E-state index contributed by atoms with van der Waals surface area (Å²) in [6, 6.07) is 12.3. The normalized spacial score (nSPS) is 16.6. The summed E-state index contributed by atoms with van der Waals surface area (Å²) < 4.78 is 13.1. The van der Waals surface area contributed by atoms with Crippen LogP contribution in [-0.2, 0) is 9.59 Å². The lowest BCUT2D eigenvalue weighted by Crippen LogP contribution is -2.41. The molecule has 0 unspecified atom stereocenters. The van der Waals surface area contributed by atoms with E-state index < -0.39 is 11.5 Å². The molecule has 7 heteroatoms. The molecule has 1 heterocycles. The summed E-state index contributed by atoms with van der Waals surface area (Å²) in [5, 5.41) is 5.66. The lowest BCUT2D eigenvalue weighted by Gasteiger charge is -2.22. The van der Waals surface area contributed by atoms with E-state index in [1.807, 2.05) is 20.8 Å². The fraction of sp³-hybridized carbons (Fsp3) is 0.318. The minimum atomic E-state index is -0.564. The van der Waals surface area contributed by atoms with Gasteiger partial charge < -0.3 is 15.5 Å². The van der Waals surface area contributed by atoms with Crippen LogP contribution >= 0.6 is 0 Å². The van der Waals surface area contributed by atoms with Crippen LogP contribution in [-0.4, -0.2) is 29.8 Å². The third-order valence-electron chi connectivity index (χ3n) is 4.55. The molecule has 2 aromatic rings. The highest BCUT2D eigenvalue weighted by atomic mass is 19.1. The van der Waals surface area contributed by atoms with Crippen molar-refractivity contribution in [2.75, 3.05) is 16.8 Å². The van der Waals surface area contributed by atoms with E-state index in [0.29, 0.717) is 16.9 Å². The molecule has 1 aliphatic heterocycles. The number of carbonyl (C=O) groups is 3. The number of halogens is 1. The first-order chi connectivity index (χ1) is 13.6. The first kappa shape index (κ1) is 20.5. The summed E-state index contributed by atoms with van der Waals surface area (Å²) in [5.74, 6) is -1.77. The molecule has 1 fully saturated rings. The van der Waals surface area contributed by atoms with Crippen molar-refractivity contribution in [3.05, 3.63) is 59.9 Å². The molecule has 29 heavy (non-hydrogen) atoms. The monoisotopic (exact) mass is 397 g/mol. The fourth-order valence-electron chi connectivity index (χ4n) is 3.19. The van der Waals surface area contributed by atoms with Gasteiger partial charge in [-0.05, 0) is 57.2 Å². The van der Waals surface area contributed by atoms with Gasteiger partial charge in [-0.25, -0.2) is 4.39 Å². The first-order valence-electron chi connectivity index (χ1n) is 9.42. The number of rotatable bonds is 4. The van der Waals surface area contributed by atoms with E-state index in [2.05, 4.69) is 10.6 Å². The van der Waals surface area contributed by atoms with Crippen LogP contribution in [0.25, 0.3) is 0 Å². The second-order valence-corrected chi connectivity index (χ2v) is 8.12. The van der Waals surface area contributed by atoms with Crippen LogP contribution in [0.5, 0.6) is 0 Å². The molecular weight excluding hydrogens is 373 g/mol. The quantitative estimate of drug-likeness (QED) is 0.831. The van der Waals surface area contributed by atoms with Crippen LogP contribution in [0.2, 0.25) is 0 Å². The lowest BCUT2D eigenvalue weighted by atomic mass is 10.1. The molecule has 0 spiro atoms. The Morgan fingerprint density at radius 1 is 1.07 bits per heavy atom. The number of anilines is 2. The molecule has 6 nitrogen and oxygen atoms in total. The molecule has 0 aromatic heterocycles. The van der Waals surface area contributed by atoms with Gasteiger partial charge in [0.15, 0.2) is 0 Å². The molecule has 3 amide bonds. The predicted molar refractivity (Wildman–Crippen MR) is 109 cm³/mol. The Hall–Kier alpha value is -3.22. The Labute approximate surface area is 169 Å². The first-order valence-corrected chi connectivity index (χ1v) is 9.42. The second kappa shape index (κ2) is 8.03. The zero-order valence-corrected chi connectivity index (χ0v) is 16.7. The Morgan fingerprint density at radius 3 is 2.38 bits per heavy atom. The highest BCUT2D eigenvalue weighted by molar-refractivity contribution is 6.07. The summed E-state index contributed by atoms with van der Waals surface area (Å²) >= 11 is 0. The summed E-state index contributed by atoms with van der Waals surface area (Å²) in [4.78, 5) is 39.1. The zero-order chi connectivity index (χ0) is 21.2. The van der Waals surface area contributed by atoms with Crippen LogP contribution in [0.4, 0.5) is 15.8 Å². The largest absolute Gasteiger partial charge is 0.347 e. The Bertz CT molecular complexity index is 935. The van der Waals surface area contributed by atoms with E-state index in [1.54, 1.807) is 24.3 Å². The highest BCUT2D eigenvalue weighted by Crippen LogP contribution is 2.27. The van der Waals surface area contributed by atoms with E-state index in [-0.39, 0.29) is 36.5 Å². The Morgan fingerprint density at radius 2 is 1.72 bits per heavy atom. The molecule has 0 radical (unpaired) electrons. The SMILES string of the molecule is CC(C)(C)NC(=O)c1ccccc1NC(=O)[C@@H]1CC(=O)N(c2ccc(F)cc2)C1. The van der Waals surface area contributed by atoms with Gasteiger partial charge in [0.2, 0.25) is 11.8 Å². The maximum atomic E-state index is 13.1. The number of hydrogen-bond acceptors (Lipinski definition) is 3. The highest BCUT2D eigenvalue weighted by Gasteiger charge is 2.35. The van der Waals surface area contributed by atoms with Crippen LogP contribution in [0.1, 0.15) is 37.6 Å². The average molecular weight is 397 g/mol. The van der Waals surface area contributed by atoms with E-state index >= 15 is 0 Å². The number of carbonyl (C=O) groups excluding carboxylic acids is 3. The fourth-order valence-corrected chi connectivity index (χ4v) is 3.19. The van der Waals surface area contributed by atoms with Gasteiger partial charge in [-0.2, -0.15) is 0 Å². The standard InChI is InChI=1S/C22H24FN3O3/c1-22(2,3)25-21(29)17-6-4-5-7-18(17)24-20(28)14-12-19(27)26(13-14)16-10-8-15(23)9-11-16/h4-11,14H,12-13H2,1-3H3,(H,24,28)(H,25,29)/t14-/m1/s1. The van der Waals surface area contributed by atoms with Crippen molar-refractivity contribution in [3.63, 3.8) is 0 Å². The van der Waals surface area contributed by atoms with Crippen molar-refractivity contribution in [2.24, 2.45) is 5.92 Å². The number of nitrogens with zero attached hydrogens (tertiary/aromatic N) is 1. The van der Waals surface area contributed by atoms with Gasteiger partial charge in [0, 0.05) is 24.2 Å². The number of amides is 3. The van der Waals surface area contributed by atoms with E-state index in [0.717, 1.165) is 0 Å². The van der Waals surface area contributed by atoms with Crippen molar-refractivity contribution in [2.45, 2.75) is 32.7 Å². The van der Waals surface area contributed by atoms with Gasteiger partial charge in [0.1, 0.15) is 5.82 Å². The maximum absolute atomic E-state index is 13.1. The van der Waals surface area contributed by atoms with E-state index in [4.69, 9.17) is 0 Å². The van der Waals surface area contributed by atoms with Crippen LogP contribution in [0.3, 0.4) is 0 Å². The minimum Gasteiger partial charge on any atom is -0.347 e. The molecule has 2 N–H and O–H groups in total. The summed E-state index contributed by atoms with van der Waals surface area (Å²) in [6.07, 6.45) is 0.0551. The molecule has 1 atom stereocenters. The topological polar surface area (TPSA) is 78.5 Å². The number of para-hydroxylation sites is 1. The molecular formula is C22H24FN3O3. The molecule has 3 rings (SSSR count). The zero-order valence-electron chi connectivity index (χ0n) is 16.7. The van der Waals surface area contributed by atoms with Crippen molar-refractivity contribution in [3.8, 4) is 0 Å². The van der Waals surface area contributed by atoms with Crippen molar-refractivity contribution in [1.29, 1.82) is 0 Å². The third kappa shape index (κ3) is 4.99. The number of benzene rings is 2. The molecule has 2 aromatic carbocycles. The summed E-state index contributed by atoms with van der Waals surface area (Å²) in [7, 11) is 0. The van der Waals surface area contributed by atoms with Crippen LogP contribution in [0, 0.1) is 11.7 Å². The Kier molecular flexibility index (Phi) is 5.68. The van der Waals surface area contributed by atoms with Gasteiger partial charge in [-0.15, -0.1) is 0 Å². The molecule has 1 saturated heterocycles. The van der Waals surface area contributed by atoms with E-state index in [9.17, 15) is 18.8 Å². The van der Waals surface area contributed by atoms with Crippen molar-refractivity contribution >= 4 is 29.1 Å². The average Bonchev–Trinajstić information content (AvgIpc) is 3.03. The molecule has 1 aliphatic rings. The summed E-state index contributed by atoms with van der Waals surface area (Å²) in [6.45, 7) is 5.83. The second-order valence-electron chi connectivity index (χ2n) is 8.12. The van der Waals surface area contributed by atoms with Gasteiger partial charge in [0.25, 0.3) is 5.91 Å². The van der Waals surface area contributed by atoms with Crippen molar-refractivity contribution in [1.82, 2.24) is 5.32 Å². The summed E-state index contributed by atoms with van der Waals surface area (Å²) in [5.41, 5.74) is 0.890. The third-order valence-corrected chi connectivity index (χ3v) is 4.55. The predicted octanol–water partition coefficient (Wildman–Crippen LogP) is 3.35.